The number of amides is 2. The second-order valence-electron chi connectivity index (χ2n) is 7.46. The van der Waals surface area contributed by atoms with E-state index in [0.717, 1.165) is 34.0 Å². The highest BCUT2D eigenvalue weighted by Crippen LogP contribution is 2.22. The molecule has 2 aliphatic rings. The van der Waals surface area contributed by atoms with Gasteiger partial charge in [0.25, 0.3) is 0 Å². The van der Waals surface area contributed by atoms with Crippen LogP contribution in [-0.2, 0) is 9.57 Å². The minimum atomic E-state index is -0.429. The SMILES string of the molecule is CC1=C(CO/N=C(/C)C2C=C(OC(C)C)C=CC2)C(NC(=O)N(C)N=N)CC=C1. The molecule has 0 aromatic rings. The Bertz CT molecular complexity index is 764. The van der Waals surface area contributed by atoms with E-state index in [1.54, 1.807) is 0 Å². The van der Waals surface area contributed by atoms with Crippen molar-refractivity contribution in [3.8, 4) is 0 Å². The Morgan fingerprint density at radius 2 is 2.07 bits per heavy atom. The smallest absolute Gasteiger partial charge is 0.339 e. The van der Waals surface area contributed by atoms with Crippen LogP contribution in [0.4, 0.5) is 4.79 Å². The van der Waals surface area contributed by atoms with Crippen LogP contribution in [0, 0.1) is 11.4 Å². The molecule has 0 aromatic heterocycles. The molecule has 8 nitrogen and oxygen atoms in total. The third-order valence-electron chi connectivity index (χ3n) is 4.78. The van der Waals surface area contributed by atoms with Gasteiger partial charge >= 0.3 is 6.03 Å². The monoisotopic (exact) mass is 401 g/mol. The van der Waals surface area contributed by atoms with Gasteiger partial charge in [-0.05, 0) is 63.8 Å². The van der Waals surface area contributed by atoms with Gasteiger partial charge in [0, 0.05) is 13.0 Å². The van der Waals surface area contributed by atoms with Crippen LogP contribution in [0.2, 0.25) is 0 Å². The average molecular weight is 402 g/mol. The number of carbonyl (C=O) groups excluding carboxylic acids is 1. The lowest BCUT2D eigenvalue weighted by Gasteiger charge is -2.25. The van der Waals surface area contributed by atoms with Crippen LogP contribution in [0.15, 0.2) is 57.7 Å². The molecule has 2 N–H and O–H groups in total. The van der Waals surface area contributed by atoms with Crippen LogP contribution >= 0.6 is 0 Å². The Balaban J connectivity index is 1.99. The van der Waals surface area contributed by atoms with E-state index in [4.69, 9.17) is 15.1 Å². The number of hydrogen-bond acceptors (Lipinski definition) is 6. The first-order chi connectivity index (χ1) is 13.8. The number of urea groups is 1. The first kappa shape index (κ1) is 22.4. The first-order valence-corrected chi connectivity index (χ1v) is 9.81. The molecule has 2 aliphatic carbocycles. The van der Waals surface area contributed by atoms with Crippen molar-refractivity contribution in [3.63, 3.8) is 0 Å². The van der Waals surface area contributed by atoms with Gasteiger partial charge in [0.1, 0.15) is 12.4 Å². The molecule has 29 heavy (non-hydrogen) atoms. The number of hydrogen-bond donors (Lipinski definition) is 2. The van der Waals surface area contributed by atoms with Crippen molar-refractivity contribution in [3.05, 3.63) is 47.3 Å². The van der Waals surface area contributed by atoms with E-state index in [9.17, 15) is 4.79 Å². The van der Waals surface area contributed by atoms with Crippen molar-refractivity contribution in [2.75, 3.05) is 13.7 Å². The highest BCUT2D eigenvalue weighted by atomic mass is 16.6. The minimum absolute atomic E-state index is 0.126. The van der Waals surface area contributed by atoms with Crippen molar-refractivity contribution in [1.29, 1.82) is 5.53 Å². The summed E-state index contributed by atoms with van der Waals surface area (Å²) in [7, 11) is 1.44. The first-order valence-electron chi connectivity index (χ1n) is 9.81. The molecule has 0 radical (unpaired) electrons. The normalized spacial score (nSPS) is 21.7. The lowest BCUT2D eigenvalue weighted by Crippen LogP contribution is -2.43. The van der Waals surface area contributed by atoms with Gasteiger partial charge in [-0.2, -0.15) is 5.53 Å². The van der Waals surface area contributed by atoms with E-state index < -0.39 is 6.03 Å². The Hall–Kier alpha value is -2.90. The van der Waals surface area contributed by atoms with Crippen molar-refractivity contribution in [1.82, 2.24) is 10.3 Å². The predicted molar refractivity (Wildman–Crippen MR) is 112 cm³/mol. The van der Waals surface area contributed by atoms with Gasteiger partial charge in [-0.3, -0.25) is 0 Å². The van der Waals surface area contributed by atoms with Crippen molar-refractivity contribution >= 4 is 11.7 Å². The molecule has 0 aromatic carbocycles. The van der Waals surface area contributed by atoms with Gasteiger partial charge in [-0.1, -0.05) is 28.6 Å². The third-order valence-corrected chi connectivity index (χ3v) is 4.78. The van der Waals surface area contributed by atoms with E-state index in [0.29, 0.717) is 6.42 Å². The fourth-order valence-electron chi connectivity index (χ4n) is 3.12. The number of carbonyl (C=O) groups is 1. The molecule has 2 atom stereocenters. The van der Waals surface area contributed by atoms with Crippen LogP contribution in [0.25, 0.3) is 0 Å². The highest BCUT2D eigenvalue weighted by Gasteiger charge is 2.23. The number of allylic oxidation sites excluding steroid dienone is 5. The Morgan fingerprint density at radius 1 is 1.34 bits per heavy atom. The average Bonchev–Trinajstić information content (AvgIpc) is 2.68. The summed E-state index contributed by atoms with van der Waals surface area (Å²) in [5.74, 6) is 0.992. The summed E-state index contributed by atoms with van der Waals surface area (Å²) < 4.78 is 5.76. The Morgan fingerprint density at radius 3 is 2.76 bits per heavy atom. The molecule has 2 amide bonds. The predicted octanol–water partition coefficient (Wildman–Crippen LogP) is 4.50. The van der Waals surface area contributed by atoms with Crippen molar-refractivity contribution in [2.24, 2.45) is 16.3 Å². The summed E-state index contributed by atoms with van der Waals surface area (Å²) in [5.41, 5.74) is 9.82. The highest BCUT2D eigenvalue weighted by molar-refractivity contribution is 5.86. The topological polar surface area (TPSA) is 99.4 Å². The molecule has 2 unspecified atom stereocenters. The number of nitrogens with zero attached hydrogens (tertiary/aromatic N) is 3. The van der Waals surface area contributed by atoms with E-state index >= 15 is 0 Å². The molecule has 158 valence electrons. The van der Waals surface area contributed by atoms with Crippen LogP contribution in [-0.4, -0.2) is 42.6 Å². The molecule has 0 saturated carbocycles. The van der Waals surface area contributed by atoms with E-state index in [2.05, 4.69) is 27.8 Å². The van der Waals surface area contributed by atoms with Gasteiger partial charge in [-0.15, -0.1) is 0 Å². The van der Waals surface area contributed by atoms with Gasteiger partial charge in [0.15, 0.2) is 0 Å². The summed E-state index contributed by atoms with van der Waals surface area (Å²) in [5, 5.41) is 11.3. The van der Waals surface area contributed by atoms with Crippen LogP contribution in [0.5, 0.6) is 0 Å². The minimum Gasteiger partial charge on any atom is -0.491 e. The number of nitrogens with one attached hydrogen (secondary N) is 2. The maximum Gasteiger partial charge on any atom is 0.339 e. The summed E-state index contributed by atoms with van der Waals surface area (Å²) in [6, 6.07) is -0.641. The molecule has 0 heterocycles. The summed E-state index contributed by atoms with van der Waals surface area (Å²) in [6.45, 7) is 8.21. The summed E-state index contributed by atoms with van der Waals surface area (Å²) in [4.78, 5) is 17.7. The molecule has 0 fully saturated rings. The molecule has 0 aliphatic heterocycles. The molecule has 8 heteroatoms. The summed E-state index contributed by atoms with van der Waals surface area (Å²) in [6.07, 6.45) is 11.8. The maximum atomic E-state index is 12.1. The zero-order valence-corrected chi connectivity index (χ0v) is 17.8. The maximum absolute atomic E-state index is 12.1. The number of oxime groups is 1. The zero-order valence-electron chi connectivity index (χ0n) is 17.8. The third kappa shape index (κ3) is 6.58. The lowest BCUT2D eigenvalue weighted by atomic mass is 9.94. The van der Waals surface area contributed by atoms with Gasteiger partial charge in [-0.25, -0.2) is 9.80 Å². The molecule has 0 saturated heterocycles. The quantitative estimate of drug-likeness (QED) is 0.356. The van der Waals surface area contributed by atoms with Crippen molar-refractivity contribution < 1.29 is 14.4 Å². The van der Waals surface area contributed by atoms with Gasteiger partial charge < -0.3 is 14.9 Å². The van der Waals surface area contributed by atoms with E-state index in [1.165, 1.54) is 7.05 Å². The fraction of sp³-hybridized carbons (Fsp3) is 0.524. The van der Waals surface area contributed by atoms with Gasteiger partial charge in [0.05, 0.1) is 17.9 Å². The molecular formula is C21H31N5O3. The second-order valence-corrected chi connectivity index (χ2v) is 7.46. The Kier molecular flexibility index (Phi) is 8.18. The van der Waals surface area contributed by atoms with Crippen LogP contribution in [0.1, 0.15) is 40.5 Å². The Labute approximate surface area is 172 Å². The van der Waals surface area contributed by atoms with Crippen LogP contribution < -0.4 is 5.32 Å². The van der Waals surface area contributed by atoms with E-state index in [-0.39, 0.29) is 24.7 Å². The molecule has 0 spiro atoms. The molecular weight excluding hydrogens is 370 g/mol. The summed E-state index contributed by atoms with van der Waals surface area (Å²) >= 11 is 0. The van der Waals surface area contributed by atoms with E-state index in [1.807, 2.05) is 45.9 Å². The standard InChI is InChI=1S/C21H31N5O3/c1-14(2)29-18-10-7-9-17(12-18)16(4)24-28-13-19-15(3)8-6-11-20(19)23-21(27)26(5)25-22/h6-8,10,12,14,17,20,22H,9,11,13H2,1-5H3,(H,23,27)/b24-16-,25-22?. The van der Waals surface area contributed by atoms with Crippen LogP contribution in [0.3, 0.4) is 0 Å². The number of ether oxygens (including phenoxy) is 1. The lowest BCUT2D eigenvalue weighted by molar-refractivity contribution is 0.154. The fourth-order valence-corrected chi connectivity index (χ4v) is 3.12. The zero-order chi connectivity index (χ0) is 21.4. The number of rotatable bonds is 8. The molecule has 2 rings (SSSR count). The van der Waals surface area contributed by atoms with Crippen molar-refractivity contribution in [2.45, 2.75) is 52.7 Å². The van der Waals surface area contributed by atoms with Gasteiger partial charge in [0.2, 0.25) is 0 Å². The second kappa shape index (κ2) is 10.6. The molecule has 0 bridgehead atoms. The largest absolute Gasteiger partial charge is 0.491 e.